The highest BCUT2D eigenvalue weighted by Gasteiger charge is 2.21. The maximum atomic E-state index is 12.8. The standard InChI is InChI=1S/C19H20N2O4S/c1-15-4-8-17(9-5-15)14-20-21(13-12-19(22)25-3)26(23,24)18-10-6-16(2)7-11-18/h4-14H,1-3H3/b13-12+,20-14+. The molecule has 0 spiro atoms. The van der Waals surface area contributed by atoms with Gasteiger partial charge in [0.15, 0.2) is 0 Å². The highest BCUT2D eigenvalue weighted by molar-refractivity contribution is 7.89. The average Bonchev–Trinajstić information content (AvgIpc) is 2.63. The number of sulfonamides is 1. The molecule has 6 nitrogen and oxygen atoms in total. The summed E-state index contributed by atoms with van der Waals surface area (Å²) in [5.41, 5.74) is 2.74. The molecule has 0 amide bonds. The van der Waals surface area contributed by atoms with E-state index in [1.54, 1.807) is 12.1 Å². The third kappa shape index (κ3) is 5.03. The molecule has 0 aromatic heterocycles. The van der Waals surface area contributed by atoms with Gasteiger partial charge in [0.1, 0.15) is 0 Å². The first-order valence-corrected chi connectivity index (χ1v) is 9.25. The van der Waals surface area contributed by atoms with Gasteiger partial charge in [-0.2, -0.15) is 17.9 Å². The van der Waals surface area contributed by atoms with Gasteiger partial charge in [-0.05, 0) is 31.5 Å². The molecule has 136 valence electrons. The number of hydrogen-bond acceptors (Lipinski definition) is 5. The Kier molecular flexibility index (Phi) is 6.30. The maximum absolute atomic E-state index is 12.8. The van der Waals surface area contributed by atoms with Crippen LogP contribution in [0.25, 0.3) is 0 Å². The average molecular weight is 372 g/mol. The summed E-state index contributed by atoms with van der Waals surface area (Å²) in [6, 6.07) is 13.8. The molecule has 2 rings (SSSR count). The Balaban J connectivity index is 2.39. The Labute approximate surface area is 153 Å². The van der Waals surface area contributed by atoms with Crippen LogP contribution in [0.2, 0.25) is 0 Å². The molecule has 0 aliphatic heterocycles. The number of nitrogens with zero attached hydrogens (tertiary/aromatic N) is 2. The van der Waals surface area contributed by atoms with E-state index in [9.17, 15) is 13.2 Å². The van der Waals surface area contributed by atoms with Gasteiger partial charge in [-0.1, -0.05) is 47.5 Å². The van der Waals surface area contributed by atoms with Crippen molar-refractivity contribution < 1.29 is 17.9 Å². The van der Waals surface area contributed by atoms with Gasteiger partial charge in [0.05, 0.1) is 18.2 Å². The van der Waals surface area contributed by atoms with Crippen molar-refractivity contribution in [2.45, 2.75) is 18.7 Å². The third-order valence-electron chi connectivity index (χ3n) is 3.50. The first kappa shape index (κ1) is 19.4. The van der Waals surface area contributed by atoms with Gasteiger partial charge in [-0.15, -0.1) is 0 Å². The van der Waals surface area contributed by atoms with E-state index < -0.39 is 16.0 Å². The highest BCUT2D eigenvalue weighted by Crippen LogP contribution is 2.17. The summed E-state index contributed by atoms with van der Waals surface area (Å²) < 4.78 is 30.9. The monoisotopic (exact) mass is 372 g/mol. The molecule has 0 aliphatic carbocycles. The molecule has 0 fully saturated rings. The van der Waals surface area contributed by atoms with Crippen molar-refractivity contribution >= 4 is 22.2 Å². The van der Waals surface area contributed by atoms with Crippen LogP contribution in [-0.2, 0) is 19.6 Å². The number of methoxy groups -OCH3 is 1. The molecular formula is C19H20N2O4S. The fourth-order valence-electron chi connectivity index (χ4n) is 1.97. The molecule has 0 unspecified atom stereocenters. The van der Waals surface area contributed by atoms with Crippen LogP contribution in [0.3, 0.4) is 0 Å². The fourth-order valence-corrected chi connectivity index (χ4v) is 3.06. The number of carbonyl (C=O) groups is 1. The van der Waals surface area contributed by atoms with Gasteiger partial charge in [0.2, 0.25) is 0 Å². The molecule has 0 atom stereocenters. The van der Waals surface area contributed by atoms with Crippen molar-refractivity contribution in [2.75, 3.05) is 7.11 Å². The summed E-state index contributed by atoms with van der Waals surface area (Å²) in [5.74, 6) is -0.681. The molecule has 26 heavy (non-hydrogen) atoms. The van der Waals surface area contributed by atoms with Crippen molar-refractivity contribution in [3.63, 3.8) is 0 Å². The summed E-state index contributed by atoms with van der Waals surface area (Å²) in [6.07, 6.45) is 3.47. The Bertz CT molecular complexity index is 915. The number of hydrazone groups is 1. The van der Waals surface area contributed by atoms with Gasteiger partial charge < -0.3 is 4.74 Å². The second-order valence-corrected chi connectivity index (χ2v) is 7.38. The van der Waals surface area contributed by atoms with Gasteiger partial charge in [-0.3, -0.25) is 0 Å². The smallest absolute Gasteiger partial charge is 0.332 e. The van der Waals surface area contributed by atoms with Crippen molar-refractivity contribution in [3.8, 4) is 0 Å². The predicted molar refractivity (Wildman–Crippen MR) is 100 cm³/mol. The fraction of sp³-hybridized carbons (Fsp3) is 0.158. The molecule has 0 aliphatic rings. The van der Waals surface area contributed by atoms with E-state index in [4.69, 9.17) is 0 Å². The molecule has 0 heterocycles. The predicted octanol–water partition coefficient (Wildman–Crippen LogP) is 3.01. The number of rotatable bonds is 6. The van der Waals surface area contributed by atoms with E-state index in [-0.39, 0.29) is 4.90 Å². The zero-order valence-electron chi connectivity index (χ0n) is 14.8. The van der Waals surface area contributed by atoms with Crippen molar-refractivity contribution in [3.05, 3.63) is 77.5 Å². The lowest BCUT2D eigenvalue weighted by atomic mass is 10.2. The Hall–Kier alpha value is -2.93. The van der Waals surface area contributed by atoms with Gasteiger partial charge in [0.25, 0.3) is 10.0 Å². The van der Waals surface area contributed by atoms with Crippen molar-refractivity contribution in [1.29, 1.82) is 0 Å². The Morgan fingerprint density at radius 1 is 1.00 bits per heavy atom. The number of aryl methyl sites for hydroxylation is 2. The van der Waals surface area contributed by atoms with E-state index in [2.05, 4.69) is 9.84 Å². The highest BCUT2D eigenvalue weighted by atomic mass is 32.2. The van der Waals surface area contributed by atoms with E-state index in [0.717, 1.165) is 33.4 Å². The third-order valence-corrected chi connectivity index (χ3v) is 5.08. The zero-order chi connectivity index (χ0) is 19.2. The minimum absolute atomic E-state index is 0.0682. The topological polar surface area (TPSA) is 76.0 Å². The van der Waals surface area contributed by atoms with E-state index in [0.29, 0.717) is 0 Å². The second-order valence-electron chi connectivity index (χ2n) is 5.58. The van der Waals surface area contributed by atoms with E-state index in [1.807, 2.05) is 38.1 Å². The molecular weight excluding hydrogens is 352 g/mol. The van der Waals surface area contributed by atoms with Gasteiger partial charge >= 0.3 is 5.97 Å². The van der Waals surface area contributed by atoms with Crippen LogP contribution in [0, 0.1) is 13.8 Å². The first-order valence-electron chi connectivity index (χ1n) is 7.81. The lowest BCUT2D eigenvalue weighted by Gasteiger charge is -2.15. The lowest BCUT2D eigenvalue weighted by Crippen LogP contribution is -2.21. The van der Waals surface area contributed by atoms with Crippen LogP contribution >= 0.6 is 0 Å². The summed E-state index contributed by atoms with van der Waals surface area (Å²) in [5, 5.41) is 4.03. The first-order chi connectivity index (χ1) is 12.3. The minimum Gasteiger partial charge on any atom is -0.466 e. The molecule has 2 aromatic carbocycles. The zero-order valence-corrected chi connectivity index (χ0v) is 15.6. The molecule has 0 bridgehead atoms. The summed E-state index contributed by atoms with van der Waals surface area (Å²) >= 11 is 0. The van der Waals surface area contributed by atoms with Crippen LogP contribution < -0.4 is 0 Å². The Morgan fingerprint density at radius 2 is 1.54 bits per heavy atom. The Morgan fingerprint density at radius 3 is 2.08 bits per heavy atom. The molecule has 0 radical (unpaired) electrons. The van der Waals surface area contributed by atoms with Crippen LogP contribution in [-0.4, -0.2) is 32.1 Å². The second kappa shape index (κ2) is 8.44. The molecule has 0 saturated heterocycles. The largest absolute Gasteiger partial charge is 0.466 e. The SMILES string of the molecule is COC(=O)/C=C/N(/N=C/c1ccc(C)cc1)S(=O)(=O)c1ccc(C)cc1. The normalized spacial score (nSPS) is 11.8. The van der Waals surface area contributed by atoms with Crippen LogP contribution in [0.1, 0.15) is 16.7 Å². The number of esters is 1. The summed E-state index contributed by atoms with van der Waals surface area (Å²) in [6.45, 7) is 3.81. The summed E-state index contributed by atoms with van der Waals surface area (Å²) in [7, 11) is -2.75. The molecule has 0 N–H and O–H groups in total. The van der Waals surface area contributed by atoms with Crippen molar-refractivity contribution in [2.24, 2.45) is 5.10 Å². The number of benzene rings is 2. The quantitative estimate of drug-likeness (QED) is 0.338. The molecule has 0 saturated carbocycles. The van der Waals surface area contributed by atoms with Crippen molar-refractivity contribution in [1.82, 2.24) is 4.41 Å². The van der Waals surface area contributed by atoms with E-state index in [1.165, 1.54) is 25.5 Å². The van der Waals surface area contributed by atoms with Gasteiger partial charge in [-0.25, -0.2) is 4.79 Å². The minimum atomic E-state index is -3.96. The lowest BCUT2D eigenvalue weighted by molar-refractivity contribution is -0.134. The van der Waals surface area contributed by atoms with Crippen LogP contribution in [0.5, 0.6) is 0 Å². The molecule has 2 aromatic rings. The number of carbonyl (C=O) groups excluding carboxylic acids is 1. The van der Waals surface area contributed by atoms with Crippen LogP contribution in [0.15, 0.2) is 70.8 Å². The molecule has 7 heteroatoms. The van der Waals surface area contributed by atoms with E-state index >= 15 is 0 Å². The van der Waals surface area contributed by atoms with Crippen LogP contribution in [0.4, 0.5) is 0 Å². The number of hydrogen-bond donors (Lipinski definition) is 0. The summed E-state index contributed by atoms with van der Waals surface area (Å²) in [4.78, 5) is 11.4. The maximum Gasteiger partial charge on any atom is 0.332 e. The van der Waals surface area contributed by atoms with Gasteiger partial charge in [0, 0.05) is 12.3 Å². The number of ether oxygens (including phenoxy) is 1.